The molecule has 2 rings (SSSR count). The SMILES string of the molecule is Cn1cc(C(=O)NC2(CBr)CCCC2)cn1. The molecule has 16 heavy (non-hydrogen) atoms. The molecule has 0 bridgehead atoms. The van der Waals surface area contributed by atoms with Gasteiger partial charge in [0.2, 0.25) is 0 Å². The van der Waals surface area contributed by atoms with Crippen LogP contribution in [-0.4, -0.2) is 26.6 Å². The van der Waals surface area contributed by atoms with Gasteiger partial charge in [0.1, 0.15) is 0 Å². The number of nitrogens with zero attached hydrogens (tertiary/aromatic N) is 2. The third-order valence-electron chi connectivity index (χ3n) is 3.16. The highest BCUT2D eigenvalue weighted by Gasteiger charge is 2.34. The number of hydrogen-bond acceptors (Lipinski definition) is 2. The Morgan fingerprint density at radius 1 is 1.62 bits per heavy atom. The van der Waals surface area contributed by atoms with Gasteiger partial charge in [-0.25, -0.2) is 0 Å². The summed E-state index contributed by atoms with van der Waals surface area (Å²) < 4.78 is 1.64. The fraction of sp³-hybridized carbons (Fsp3) is 0.636. The van der Waals surface area contributed by atoms with E-state index in [1.165, 1.54) is 12.8 Å². The van der Waals surface area contributed by atoms with Crippen LogP contribution in [0.15, 0.2) is 12.4 Å². The van der Waals surface area contributed by atoms with Crippen LogP contribution >= 0.6 is 15.9 Å². The van der Waals surface area contributed by atoms with Gasteiger partial charge in [-0.3, -0.25) is 9.48 Å². The zero-order valence-corrected chi connectivity index (χ0v) is 11.0. The monoisotopic (exact) mass is 285 g/mol. The van der Waals surface area contributed by atoms with Gasteiger partial charge in [-0.1, -0.05) is 28.8 Å². The summed E-state index contributed by atoms with van der Waals surface area (Å²) in [5.41, 5.74) is 0.585. The number of aryl methyl sites for hydroxylation is 1. The van der Waals surface area contributed by atoms with E-state index in [-0.39, 0.29) is 11.4 Å². The van der Waals surface area contributed by atoms with Gasteiger partial charge < -0.3 is 5.32 Å². The van der Waals surface area contributed by atoms with Gasteiger partial charge in [0.25, 0.3) is 5.91 Å². The molecule has 4 nitrogen and oxygen atoms in total. The van der Waals surface area contributed by atoms with E-state index < -0.39 is 0 Å². The summed E-state index contributed by atoms with van der Waals surface area (Å²) in [4.78, 5) is 12.0. The highest BCUT2D eigenvalue weighted by atomic mass is 79.9. The second kappa shape index (κ2) is 4.57. The van der Waals surface area contributed by atoms with Crippen molar-refractivity contribution in [1.82, 2.24) is 15.1 Å². The molecule has 1 aliphatic rings. The van der Waals surface area contributed by atoms with Gasteiger partial charge in [0.05, 0.1) is 17.3 Å². The first-order chi connectivity index (χ1) is 7.65. The van der Waals surface area contributed by atoms with Crippen LogP contribution in [-0.2, 0) is 7.05 Å². The number of aromatic nitrogens is 2. The Morgan fingerprint density at radius 3 is 2.81 bits per heavy atom. The summed E-state index contributed by atoms with van der Waals surface area (Å²) in [6.45, 7) is 0. The van der Waals surface area contributed by atoms with E-state index in [0.29, 0.717) is 5.56 Å². The molecular formula is C11H16BrN3O. The van der Waals surface area contributed by atoms with Gasteiger partial charge in [0.15, 0.2) is 0 Å². The lowest BCUT2D eigenvalue weighted by molar-refractivity contribution is 0.0910. The van der Waals surface area contributed by atoms with E-state index in [1.807, 2.05) is 7.05 Å². The number of carbonyl (C=O) groups excluding carboxylic acids is 1. The third kappa shape index (κ3) is 2.29. The molecule has 1 saturated carbocycles. The van der Waals surface area contributed by atoms with Crippen LogP contribution in [0, 0.1) is 0 Å². The second-order valence-corrected chi connectivity index (χ2v) is 5.04. The van der Waals surface area contributed by atoms with Crippen molar-refractivity contribution >= 4 is 21.8 Å². The first kappa shape index (κ1) is 11.6. The minimum atomic E-state index is -0.0487. The highest BCUT2D eigenvalue weighted by Crippen LogP contribution is 2.31. The van der Waals surface area contributed by atoms with E-state index in [1.54, 1.807) is 17.1 Å². The zero-order chi connectivity index (χ0) is 11.6. The standard InChI is InChI=1S/C11H16BrN3O/c1-15-7-9(6-13-15)10(16)14-11(8-12)4-2-3-5-11/h6-7H,2-5,8H2,1H3,(H,14,16). The van der Waals surface area contributed by atoms with Crippen LogP contribution < -0.4 is 5.32 Å². The summed E-state index contributed by atoms with van der Waals surface area (Å²) in [7, 11) is 1.81. The molecule has 1 fully saturated rings. The number of hydrogen-bond donors (Lipinski definition) is 1. The first-order valence-corrected chi connectivity index (χ1v) is 6.64. The molecule has 0 atom stereocenters. The van der Waals surface area contributed by atoms with E-state index in [0.717, 1.165) is 18.2 Å². The fourth-order valence-corrected chi connectivity index (χ4v) is 2.90. The molecule has 1 aromatic rings. The summed E-state index contributed by atoms with van der Waals surface area (Å²) in [6.07, 6.45) is 7.85. The van der Waals surface area contributed by atoms with Crippen LogP contribution in [0.1, 0.15) is 36.0 Å². The Labute approximate surface area is 104 Å². The average Bonchev–Trinajstić information content (AvgIpc) is 2.88. The van der Waals surface area contributed by atoms with E-state index in [9.17, 15) is 4.79 Å². The lowest BCUT2D eigenvalue weighted by Crippen LogP contribution is -2.47. The number of nitrogens with one attached hydrogen (secondary N) is 1. The van der Waals surface area contributed by atoms with Crippen LogP contribution in [0.2, 0.25) is 0 Å². The molecule has 1 amide bonds. The Hall–Kier alpha value is -0.840. The molecule has 1 heterocycles. The molecule has 1 aliphatic carbocycles. The van der Waals surface area contributed by atoms with Crippen molar-refractivity contribution in [3.63, 3.8) is 0 Å². The van der Waals surface area contributed by atoms with Crippen molar-refractivity contribution in [1.29, 1.82) is 0 Å². The molecule has 0 saturated heterocycles. The molecule has 0 aromatic carbocycles. The fourth-order valence-electron chi connectivity index (χ4n) is 2.20. The molecule has 0 spiro atoms. The van der Waals surface area contributed by atoms with Gasteiger partial charge >= 0.3 is 0 Å². The van der Waals surface area contributed by atoms with Gasteiger partial charge in [-0.05, 0) is 12.8 Å². The predicted octanol–water partition coefficient (Wildman–Crippen LogP) is 1.86. The van der Waals surface area contributed by atoms with Gasteiger partial charge in [-0.15, -0.1) is 0 Å². The largest absolute Gasteiger partial charge is 0.346 e. The normalized spacial score (nSPS) is 18.6. The number of rotatable bonds is 3. The van der Waals surface area contributed by atoms with Crippen molar-refractivity contribution in [3.05, 3.63) is 18.0 Å². The quantitative estimate of drug-likeness (QED) is 0.862. The molecule has 5 heteroatoms. The summed E-state index contributed by atoms with van der Waals surface area (Å²) in [5, 5.41) is 7.96. The Bertz CT molecular complexity index is 382. The summed E-state index contributed by atoms with van der Waals surface area (Å²) >= 11 is 3.50. The predicted molar refractivity (Wildman–Crippen MR) is 65.7 cm³/mol. The van der Waals surface area contributed by atoms with Crippen LogP contribution in [0.3, 0.4) is 0 Å². The molecule has 1 aromatic heterocycles. The Balaban J connectivity index is 2.06. The maximum absolute atomic E-state index is 12.0. The van der Waals surface area contributed by atoms with Gasteiger partial charge in [0, 0.05) is 18.6 Å². The molecule has 1 N–H and O–H groups in total. The highest BCUT2D eigenvalue weighted by molar-refractivity contribution is 9.09. The zero-order valence-electron chi connectivity index (χ0n) is 9.37. The van der Waals surface area contributed by atoms with Gasteiger partial charge in [-0.2, -0.15) is 5.10 Å². The molecular weight excluding hydrogens is 270 g/mol. The first-order valence-electron chi connectivity index (χ1n) is 5.52. The van der Waals surface area contributed by atoms with Crippen LogP contribution in [0.5, 0.6) is 0 Å². The average molecular weight is 286 g/mol. The van der Waals surface area contributed by atoms with Crippen molar-refractivity contribution < 1.29 is 4.79 Å². The summed E-state index contributed by atoms with van der Waals surface area (Å²) in [6, 6.07) is 0. The lowest BCUT2D eigenvalue weighted by atomic mass is 10.0. The van der Waals surface area contributed by atoms with Crippen molar-refractivity contribution in [2.24, 2.45) is 7.05 Å². The van der Waals surface area contributed by atoms with E-state index in [2.05, 4.69) is 26.3 Å². The third-order valence-corrected chi connectivity index (χ3v) is 4.24. The number of amides is 1. The minimum Gasteiger partial charge on any atom is -0.346 e. The molecule has 88 valence electrons. The van der Waals surface area contributed by atoms with Crippen LogP contribution in [0.25, 0.3) is 0 Å². The van der Waals surface area contributed by atoms with Crippen molar-refractivity contribution in [2.75, 3.05) is 5.33 Å². The molecule has 0 unspecified atom stereocenters. The van der Waals surface area contributed by atoms with Crippen molar-refractivity contribution in [2.45, 2.75) is 31.2 Å². The number of carbonyl (C=O) groups is 1. The number of alkyl halides is 1. The van der Waals surface area contributed by atoms with E-state index in [4.69, 9.17) is 0 Å². The molecule has 0 aliphatic heterocycles. The minimum absolute atomic E-state index is 0.0190. The maximum atomic E-state index is 12.0. The van der Waals surface area contributed by atoms with Crippen molar-refractivity contribution in [3.8, 4) is 0 Å². The number of halogens is 1. The Morgan fingerprint density at radius 2 is 2.31 bits per heavy atom. The topological polar surface area (TPSA) is 46.9 Å². The van der Waals surface area contributed by atoms with Crippen LogP contribution in [0.4, 0.5) is 0 Å². The maximum Gasteiger partial charge on any atom is 0.254 e. The smallest absolute Gasteiger partial charge is 0.254 e. The molecule has 0 radical (unpaired) electrons. The lowest BCUT2D eigenvalue weighted by Gasteiger charge is -2.27. The van der Waals surface area contributed by atoms with E-state index >= 15 is 0 Å². The second-order valence-electron chi connectivity index (χ2n) is 4.48. The Kier molecular flexibility index (Phi) is 3.33. The summed E-state index contributed by atoms with van der Waals surface area (Å²) in [5.74, 6) is -0.0190.